The van der Waals surface area contributed by atoms with E-state index in [-0.39, 0.29) is 51.4 Å². The summed E-state index contributed by atoms with van der Waals surface area (Å²) in [5, 5.41) is 108. The third kappa shape index (κ3) is 16.9. The van der Waals surface area contributed by atoms with Crippen LogP contribution in [-0.4, -0.2) is 67.3 Å². The summed E-state index contributed by atoms with van der Waals surface area (Å²) in [6.45, 7) is 0. The van der Waals surface area contributed by atoms with E-state index in [9.17, 15) is 50.4 Å². The van der Waals surface area contributed by atoms with E-state index in [1.54, 1.807) is 134 Å². The maximum absolute atomic E-state index is 12.9. The molecule has 24 rings (SSSR count). The Labute approximate surface area is 824 Å². The molecule has 0 amide bonds. The number of benzene rings is 17. The van der Waals surface area contributed by atoms with E-state index in [2.05, 4.69) is 223 Å². The number of aromatic hydroxyl groups is 3. The van der Waals surface area contributed by atoms with Crippen LogP contribution in [0.1, 0.15) is 43.0 Å². The third-order valence-corrected chi connectivity index (χ3v) is 26.8. The lowest BCUT2D eigenvalue weighted by atomic mass is 9.64. The van der Waals surface area contributed by atoms with Crippen LogP contribution in [0, 0.1) is 0 Å². The lowest BCUT2D eigenvalue weighted by Crippen LogP contribution is -2.31. The van der Waals surface area contributed by atoms with Crippen LogP contribution in [0.5, 0.6) is 40.2 Å². The van der Waals surface area contributed by atoms with Crippen molar-refractivity contribution in [2.45, 2.75) is 5.41 Å². The first-order valence-electron chi connectivity index (χ1n) is 46.4. The number of hydrogen-bond acceptors (Lipinski definition) is 17. The minimum absolute atomic E-state index is 0.0875. The topological polar surface area (TPSA) is 321 Å². The first kappa shape index (κ1) is 89.4. The number of carboxylic acids is 2. The normalized spacial score (nSPS) is 11.4. The molecule has 0 unspecified atom stereocenters. The van der Waals surface area contributed by atoms with E-state index in [0.717, 1.165) is 182 Å². The summed E-state index contributed by atoms with van der Waals surface area (Å²) in [5.41, 5.74) is 28.3. The summed E-state index contributed by atoms with van der Waals surface area (Å²) in [4.78, 5) is 52.2. The van der Waals surface area contributed by atoms with Gasteiger partial charge in [0.15, 0.2) is 0 Å². The molecule has 144 heavy (non-hydrogen) atoms. The Morgan fingerprint density at radius 2 is 0.382 bits per heavy atom. The minimum Gasteiger partial charge on any atom is -0.871 e. The van der Waals surface area contributed by atoms with Crippen molar-refractivity contribution in [1.82, 2.24) is 34.9 Å². The number of aromatic nitrogens is 7. The molecular weight excluding hydrogens is 1790 g/mol. The number of carbonyl (C=O) groups excluding carboxylic acids is 1. The second-order valence-electron chi connectivity index (χ2n) is 35.0. The average molecular weight is 1870 g/mol. The highest BCUT2D eigenvalue weighted by Gasteiger charge is 2.39. The van der Waals surface area contributed by atoms with Crippen LogP contribution < -0.4 is 25.5 Å². The van der Waals surface area contributed by atoms with Crippen LogP contribution in [0.2, 0.25) is 0 Å². The number of aromatic carboxylic acids is 2. The zero-order valence-corrected chi connectivity index (χ0v) is 76.5. The molecule has 0 atom stereocenters. The zero-order valence-electron chi connectivity index (χ0n) is 76.5. The van der Waals surface area contributed by atoms with Gasteiger partial charge >= 0.3 is 5.97 Å². The molecule has 0 aliphatic carbocycles. The SMILES string of the molecule is O=C([O-])c1ccc(-c2ccc(C(=O)O)cc2)cc1.[O-]c1cccc2c(-c3ccc(-c4cc(-c5ccc(-c6ccnc7c([O-])cccc67)cc5)cc(-c5ccc(-c6ccnc7c(O)cccc67)cc5)c4)cc3)ccnc12.[O-]c1cccc2c(-c3ccc(C(c4ccc(-c5ccnc6c([O-])cccc56)cc4)(c4ccc(-c5ccnc6c(O)cccc56)cc4)c4ccc(-c5ccnc6c(O)cccc56)cc4)cc3)ccnc12. The van der Waals surface area contributed by atoms with E-state index in [0.29, 0.717) is 38.6 Å². The lowest BCUT2D eigenvalue weighted by Gasteiger charge is -2.37. The van der Waals surface area contributed by atoms with E-state index in [1.165, 1.54) is 24.3 Å². The molecule has 0 aliphatic rings. The number of nitrogens with zero attached hydrogens (tertiary/aromatic N) is 7. The molecule has 0 aliphatic heterocycles. The summed E-state index contributed by atoms with van der Waals surface area (Å²) in [6, 6.07) is 130. The molecule has 0 radical (unpaired) electrons. The summed E-state index contributed by atoms with van der Waals surface area (Å²) >= 11 is 0. The minimum atomic E-state index is -1.22. The number of hydrogen-bond donors (Lipinski definition) is 4. The van der Waals surface area contributed by atoms with Gasteiger partial charge in [0.05, 0.1) is 39.0 Å². The van der Waals surface area contributed by atoms with Gasteiger partial charge in [0.2, 0.25) is 0 Å². The number of carboxylic acid groups (broad SMARTS) is 2. The van der Waals surface area contributed by atoms with Crippen molar-refractivity contribution in [2.75, 3.05) is 0 Å². The molecule has 0 fully saturated rings. The van der Waals surface area contributed by atoms with E-state index in [1.807, 2.05) is 103 Å². The van der Waals surface area contributed by atoms with Gasteiger partial charge in [-0.3, -0.25) is 34.9 Å². The number of phenols is 3. The van der Waals surface area contributed by atoms with Crippen LogP contribution in [-0.2, 0) is 5.41 Å². The fourth-order valence-corrected chi connectivity index (χ4v) is 19.7. The highest BCUT2D eigenvalue weighted by Crippen LogP contribution is 2.50. The molecule has 0 saturated heterocycles. The van der Waals surface area contributed by atoms with Crippen molar-refractivity contribution in [3.63, 3.8) is 0 Å². The van der Waals surface area contributed by atoms with Crippen molar-refractivity contribution < 1.29 is 55.5 Å². The number of rotatable bonds is 17. The fourth-order valence-electron chi connectivity index (χ4n) is 19.7. The molecule has 0 spiro atoms. The van der Waals surface area contributed by atoms with Gasteiger partial charge < -0.3 is 50.8 Å². The van der Waals surface area contributed by atoms with Crippen LogP contribution in [0.15, 0.2) is 450 Å². The van der Waals surface area contributed by atoms with Gasteiger partial charge in [-0.15, -0.1) is 0 Å². The van der Waals surface area contributed by atoms with E-state index in [4.69, 9.17) is 5.11 Å². The first-order chi connectivity index (χ1) is 70.4. The Kier molecular flexibility index (Phi) is 23.5. The number of phenolic OH excluding ortho intramolecular Hbond substituents is 3. The van der Waals surface area contributed by atoms with Crippen molar-refractivity contribution in [2.24, 2.45) is 0 Å². The third-order valence-electron chi connectivity index (χ3n) is 26.8. The standard InChI is InChI=1S/C61H40N4O4.C51H33N3O3.C14H10O4/c66-53-9-1-5-49-45(29-33-62-57(49)53)37-13-21-41(22-14-37)61(42-23-15-38(16-24-42)46-30-34-63-58-50(46)6-2-10-54(58)67,43-25-17-39(18-26-43)47-31-35-64-59-51(47)7-3-11-55(59)68)44-27-19-40(20-28-44)48-32-36-65-60-52(48)8-4-12-56(60)69;55-46-7-1-4-43-40(22-25-52-49(43)46)34-16-10-31(11-17-34)37-28-38(32-12-18-35(19-13-32)41-23-26-53-50-44(41)5-2-8-47(50)56)30-39(29-37)33-14-20-36(21-15-33)42-24-27-54-51-45(42)6-3-9-48(51)57;15-13(16)11-5-1-9(2-6-11)10-3-7-12(8-4-10)14(17)18/h1-36,66-69H;1-30,55-57H;1-8H,(H,15,16)(H,17,18)/p-5. The largest absolute Gasteiger partial charge is 0.871 e. The molecule has 17 aromatic carbocycles. The Hall–Kier alpha value is -19.9. The molecule has 18 heteroatoms. The Balaban J connectivity index is 0.000000142. The molecular formula is C126H78N7O11-5. The summed E-state index contributed by atoms with van der Waals surface area (Å²) in [6.07, 6.45) is 11.9. The van der Waals surface area contributed by atoms with Gasteiger partial charge in [0.1, 0.15) is 33.8 Å². The Morgan fingerprint density at radius 1 is 0.201 bits per heavy atom. The maximum atomic E-state index is 12.9. The van der Waals surface area contributed by atoms with Crippen molar-refractivity contribution in [3.05, 3.63) is 483 Å². The molecule has 0 bridgehead atoms. The number of fused-ring (bicyclic) bond motifs is 7. The Bertz CT molecular complexity index is 8190. The maximum Gasteiger partial charge on any atom is 0.335 e. The van der Waals surface area contributed by atoms with Crippen LogP contribution in [0.25, 0.3) is 199 Å². The summed E-state index contributed by atoms with van der Waals surface area (Å²) in [5.74, 6) is -2.21. The highest BCUT2D eigenvalue weighted by atomic mass is 16.4. The second kappa shape index (κ2) is 37.9. The number of para-hydroxylation sites is 7. The predicted molar refractivity (Wildman–Crippen MR) is 559 cm³/mol. The van der Waals surface area contributed by atoms with Crippen LogP contribution in [0.4, 0.5) is 0 Å². The van der Waals surface area contributed by atoms with E-state index < -0.39 is 17.4 Å². The molecule has 0 saturated carbocycles. The van der Waals surface area contributed by atoms with Gasteiger partial charge in [-0.2, -0.15) is 0 Å². The molecule has 18 nitrogen and oxygen atoms in total. The Morgan fingerprint density at radius 3 is 0.604 bits per heavy atom. The monoisotopic (exact) mass is 1860 g/mol. The average Bonchev–Trinajstić information content (AvgIpc) is 0.721. The van der Waals surface area contributed by atoms with Crippen molar-refractivity contribution >= 4 is 88.3 Å². The predicted octanol–water partition coefficient (Wildman–Crippen LogP) is 25.1. The van der Waals surface area contributed by atoms with Crippen LogP contribution >= 0.6 is 0 Å². The first-order valence-corrected chi connectivity index (χ1v) is 46.4. The van der Waals surface area contributed by atoms with Gasteiger partial charge in [-0.25, -0.2) is 4.79 Å². The second-order valence-corrected chi connectivity index (χ2v) is 35.0. The van der Waals surface area contributed by atoms with E-state index >= 15 is 0 Å². The summed E-state index contributed by atoms with van der Waals surface area (Å²) in [7, 11) is 0. The smallest absolute Gasteiger partial charge is 0.335 e. The summed E-state index contributed by atoms with van der Waals surface area (Å²) < 4.78 is 0. The van der Waals surface area contributed by atoms with Gasteiger partial charge in [0.25, 0.3) is 0 Å². The van der Waals surface area contributed by atoms with Gasteiger partial charge in [0, 0.05) is 81.1 Å². The zero-order chi connectivity index (χ0) is 98.2. The van der Waals surface area contributed by atoms with Crippen molar-refractivity contribution in [1.29, 1.82) is 0 Å². The fraction of sp³-hybridized carbons (Fsp3) is 0.00794. The molecule has 7 heterocycles. The number of carbonyl (C=O) groups is 2. The van der Waals surface area contributed by atoms with Gasteiger partial charge in [-0.05, 0) is 241 Å². The molecule has 4 N–H and O–H groups in total. The molecule has 7 aromatic heterocycles. The van der Waals surface area contributed by atoms with Crippen molar-refractivity contribution in [3.8, 4) is 163 Å². The molecule has 24 aromatic rings. The highest BCUT2D eigenvalue weighted by molar-refractivity contribution is 6.05. The lowest BCUT2D eigenvalue weighted by molar-refractivity contribution is -0.266. The quantitative estimate of drug-likeness (QED) is 0.0615. The van der Waals surface area contributed by atoms with Crippen LogP contribution in [0.3, 0.4) is 0 Å². The van der Waals surface area contributed by atoms with Gasteiger partial charge in [-0.1, -0.05) is 338 Å². The number of pyridine rings is 7. The molecule has 688 valence electrons.